The van der Waals surface area contributed by atoms with Crippen molar-refractivity contribution in [1.29, 1.82) is 0 Å². The van der Waals surface area contributed by atoms with Crippen molar-refractivity contribution in [3.63, 3.8) is 0 Å². The maximum Gasteiger partial charge on any atom is 0.251 e. The lowest BCUT2D eigenvalue weighted by molar-refractivity contribution is -0.122. The maximum atomic E-state index is 11.9. The van der Waals surface area contributed by atoms with E-state index in [4.69, 9.17) is 4.42 Å². The molecule has 7 nitrogen and oxygen atoms in total. The molecule has 0 unspecified atom stereocenters. The summed E-state index contributed by atoms with van der Waals surface area (Å²) < 4.78 is 6.40. The summed E-state index contributed by atoms with van der Waals surface area (Å²) in [6, 6.07) is 3.06. The van der Waals surface area contributed by atoms with Gasteiger partial charge >= 0.3 is 0 Å². The van der Waals surface area contributed by atoms with Crippen molar-refractivity contribution < 1.29 is 9.21 Å². The average Bonchev–Trinajstić information content (AvgIpc) is 2.95. The summed E-state index contributed by atoms with van der Waals surface area (Å²) >= 11 is 0. The lowest BCUT2D eigenvalue weighted by Gasteiger charge is -2.13. The van der Waals surface area contributed by atoms with Crippen LogP contribution in [0, 0.1) is 0 Å². The van der Waals surface area contributed by atoms with Crippen LogP contribution in [-0.4, -0.2) is 26.7 Å². The fraction of sp³-hybridized carbons (Fsp3) is 0.429. The Morgan fingerprint density at radius 3 is 2.95 bits per heavy atom. The van der Waals surface area contributed by atoms with Gasteiger partial charge in [-0.2, -0.15) is 0 Å². The van der Waals surface area contributed by atoms with Gasteiger partial charge in [-0.05, 0) is 19.4 Å². The van der Waals surface area contributed by atoms with Crippen LogP contribution in [0.1, 0.15) is 26.7 Å². The number of rotatable bonds is 6. The minimum atomic E-state index is -0.253. The van der Waals surface area contributed by atoms with Gasteiger partial charge in [-0.3, -0.25) is 9.59 Å². The molecule has 0 aliphatic rings. The molecular weight excluding hydrogens is 272 g/mol. The second-order valence-electron chi connectivity index (χ2n) is 4.89. The van der Waals surface area contributed by atoms with Crippen LogP contribution in [0.4, 0.5) is 0 Å². The highest BCUT2D eigenvalue weighted by Crippen LogP contribution is 2.13. The Labute approximate surface area is 122 Å². The number of carbonyl (C=O) groups excluding carboxylic acids is 1. The molecule has 0 fully saturated rings. The number of hydrogen-bond acceptors (Lipinski definition) is 5. The minimum Gasteiger partial charge on any atom is -0.423 e. The molecule has 0 aromatic carbocycles. The Morgan fingerprint density at radius 1 is 1.48 bits per heavy atom. The number of carbonyl (C=O) groups is 1. The molecule has 2 aromatic heterocycles. The van der Waals surface area contributed by atoms with Crippen molar-refractivity contribution in [2.45, 2.75) is 39.3 Å². The molecule has 1 N–H and O–H groups in total. The van der Waals surface area contributed by atoms with Crippen molar-refractivity contribution in [2.75, 3.05) is 0 Å². The van der Waals surface area contributed by atoms with Crippen LogP contribution in [0.25, 0.3) is 11.5 Å². The topological polar surface area (TPSA) is 90.0 Å². The first-order chi connectivity index (χ1) is 10.1. The predicted molar refractivity (Wildman–Crippen MR) is 76.5 cm³/mol. The van der Waals surface area contributed by atoms with Crippen molar-refractivity contribution in [2.24, 2.45) is 0 Å². The first-order valence-corrected chi connectivity index (χ1v) is 6.86. The third kappa shape index (κ3) is 4.01. The summed E-state index contributed by atoms with van der Waals surface area (Å²) in [5.74, 6) is 0.115. The SMILES string of the molecule is CCC[C@H](C)NC(=O)Cn1cc(-c2nnco2)ccc1=O. The zero-order valence-electron chi connectivity index (χ0n) is 12.1. The number of nitrogens with zero attached hydrogens (tertiary/aromatic N) is 3. The van der Waals surface area contributed by atoms with E-state index in [2.05, 4.69) is 22.4 Å². The van der Waals surface area contributed by atoms with Gasteiger partial charge in [-0.15, -0.1) is 10.2 Å². The molecule has 0 saturated carbocycles. The van der Waals surface area contributed by atoms with E-state index in [1.165, 1.54) is 17.0 Å². The van der Waals surface area contributed by atoms with Gasteiger partial charge in [-0.25, -0.2) is 0 Å². The normalized spacial score (nSPS) is 12.1. The van der Waals surface area contributed by atoms with Crippen LogP contribution in [0.5, 0.6) is 0 Å². The van der Waals surface area contributed by atoms with Crippen LogP contribution < -0.4 is 10.9 Å². The van der Waals surface area contributed by atoms with E-state index in [9.17, 15) is 9.59 Å². The molecule has 2 rings (SSSR count). The highest BCUT2D eigenvalue weighted by Gasteiger charge is 2.10. The number of hydrogen-bond donors (Lipinski definition) is 1. The molecular formula is C14H18N4O3. The van der Waals surface area contributed by atoms with Crippen molar-refractivity contribution >= 4 is 5.91 Å². The Morgan fingerprint density at radius 2 is 2.29 bits per heavy atom. The van der Waals surface area contributed by atoms with Crippen molar-refractivity contribution in [1.82, 2.24) is 20.1 Å². The smallest absolute Gasteiger partial charge is 0.251 e. The van der Waals surface area contributed by atoms with Crippen LogP contribution >= 0.6 is 0 Å². The Hall–Kier alpha value is -2.44. The van der Waals surface area contributed by atoms with E-state index >= 15 is 0 Å². The molecule has 2 heterocycles. The zero-order chi connectivity index (χ0) is 15.2. The highest BCUT2D eigenvalue weighted by atomic mass is 16.4. The quantitative estimate of drug-likeness (QED) is 0.863. The molecule has 0 radical (unpaired) electrons. The number of nitrogens with one attached hydrogen (secondary N) is 1. The van der Waals surface area contributed by atoms with Gasteiger partial charge in [0.2, 0.25) is 18.2 Å². The van der Waals surface area contributed by atoms with E-state index in [1.54, 1.807) is 12.3 Å². The lowest BCUT2D eigenvalue weighted by Crippen LogP contribution is -2.37. The van der Waals surface area contributed by atoms with Crippen LogP contribution in [0.3, 0.4) is 0 Å². The third-order valence-electron chi connectivity index (χ3n) is 3.03. The maximum absolute atomic E-state index is 11.9. The molecule has 0 saturated heterocycles. The van der Waals surface area contributed by atoms with E-state index in [0.717, 1.165) is 12.8 Å². The molecule has 7 heteroatoms. The second kappa shape index (κ2) is 6.83. The van der Waals surface area contributed by atoms with Gasteiger partial charge < -0.3 is 14.3 Å². The van der Waals surface area contributed by atoms with E-state index in [1.807, 2.05) is 6.92 Å². The first kappa shape index (κ1) is 15.0. The van der Waals surface area contributed by atoms with Gasteiger partial charge in [0.15, 0.2) is 0 Å². The molecule has 2 aromatic rings. The molecule has 0 aliphatic carbocycles. The highest BCUT2D eigenvalue weighted by molar-refractivity contribution is 5.76. The van der Waals surface area contributed by atoms with Crippen LogP contribution in [0.2, 0.25) is 0 Å². The van der Waals surface area contributed by atoms with Gasteiger partial charge in [0.25, 0.3) is 5.56 Å². The number of aromatic nitrogens is 3. The second-order valence-corrected chi connectivity index (χ2v) is 4.89. The van der Waals surface area contributed by atoms with E-state index in [-0.39, 0.29) is 24.1 Å². The Balaban J connectivity index is 2.11. The fourth-order valence-corrected chi connectivity index (χ4v) is 2.06. The average molecular weight is 290 g/mol. The summed E-state index contributed by atoms with van der Waals surface area (Å²) in [4.78, 5) is 23.7. The summed E-state index contributed by atoms with van der Waals surface area (Å²) in [6.45, 7) is 3.97. The summed E-state index contributed by atoms with van der Waals surface area (Å²) in [5.41, 5.74) is 0.345. The lowest BCUT2D eigenvalue weighted by atomic mass is 10.2. The van der Waals surface area contributed by atoms with Crippen LogP contribution in [-0.2, 0) is 11.3 Å². The summed E-state index contributed by atoms with van der Waals surface area (Å²) in [7, 11) is 0. The minimum absolute atomic E-state index is 0.0329. The van der Waals surface area contributed by atoms with Gasteiger partial charge in [0, 0.05) is 18.3 Å². The van der Waals surface area contributed by atoms with Crippen LogP contribution in [0.15, 0.2) is 33.9 Å². The Bertz CT molecular complexity index is 648. The summed E-state index contributed by atoms with van der Waals surface area (Å²) in [5, 5.41) is 10.2. The number of pyridine rings is 1. The molecule has 0 spiro atoms. The van der Waals surface area contributed by atoms with Gasteiger partial charge in [0.1, 0.15) is 6.54 Å². The predicted octanol–water partition coefficient (Wildman–Crippen LogP) is 1.20. The molecule has 0 aliphatic heterocycles. The fourth-order valence-electron chi connectivity index (χ4n) is 2.06. The van der Waals surface area contributed by atoms with Gasteiger partial charge in [0.05, 0.1) is 5.56 Å². The summed E-state index contributed by atoms with van der Waals surface area (Å²) in [6.07, 6.45) is 4.65. The monoisotopic (exact) mass is 290 g/mol. The van der Waals surface area contributed by atoms with Gasteiger partial charge in [-0.1, -0.05) is 13.3 Å². The molecule has 21 heavy (non-hydrogen) atoms. The van der Waals surface area contributed by atoms with Crippen molar-refractivity contribution in [3.05, 3.63) is 35.1 Å². The number of amides is 1. The molecule has 1 amide bonds. The van der Waals surface area contributed by atoms with E-state index in [0.29, 0.717) is 11.5 Å². The third-order valence-corrected chi connectivity index (χ3v) is 3.03. The largest absolute Gasteiger partial charge is 0.423 e. The molecule has 1 atom stereocenters. The molecule has 0 bridgehead atoms. The molecule has 112 valence electrons. The van der Waals surface area contributed by atoms with Crippen molar-refractivity contribution in [3.8, 4) is 11.5 Å². The first-order valence-electron chi connectivity index (χ1n) is 6.86. The Kier molecular flexibility index (Phi) is 4.86. The van der Waals surface area contributed by atoms with E-state index < -0.39 is 0 Å². The standard InChI is InChI=1S/C14H18N4O3/c1-3-4-10(2)16-12(19)8-18-7-11(5-6-13(18)20)14-17-15-9-21-14/h5-7,9-10H,3-4,8H2,1-2H3,(H,16,19)/t10-/m0/s1. The zero-order valence-corrected chi connectivity index (χ0v) is 12.1.